The summed E-state index contributed by atoms with van der Waals surface area (Å²) in [6.07, 6.45) is 3.61. The maximum atomic E-state index is 4.87. The minimum atomic E-state index is 0.903. The first-order chi connectivity index (χ1) is 22.3. The second kappa shape index (κ2) is 9.32. The SMILES string of the molecule is c1ccc2c(c1)sc1c(-n3c4ccccc4c4cc(-c5ccnc(-n6c7ccccc7c7ccccc76)c5)ccc43)ncnc12. The van der Waals surface area contributed by atoms with E-state index < -0.39 is 0 Å². The highest BCUT2D eigenvalue weighted by Gasteiger charge is 2.19. The number of para-hydroxylation sites is 3. The van der Waals surface area contributed by atoms with E-state index in [1.165, 1.54) is 31.6 Å². The van der Waals surface area contributed by atoms with Gasteiger partial charge in [0.25, 0.3) is 0 Å². The zero-order chi connectivity index (χ0) is 29.5. The molecule has 5 aromatic heterocycles. The molecule has 0 radical (unpaired) electrons. The van der Waals surface area contributed by atoms with Gasteiger partial charge in [-0.2, -0.15) is 0 Å². The summed E-state index contributed by atoms with van der Waals surface area (Å²) < 4.78 is 6.87. The summed E-state index contributed by atoms with van der Waals surface area (Å²) >= 11 is 1.75. The first kappa shape index (κ1) is 24.6. The third-order valence-corrected chi connectivity index (χ3v) is 10.1. The van der Waals surface area contributed by atoms with Crippen molar-refractivity contribution in [3.63, 3.8) is 0 Å². The summed E-state index contributed by atoms with van der Waals surface area (Å²) in [4.78, 5) is 14.4. The van der Waals surface area contributed by atoms with Crippen LogP contribution in [0.4, 0.5) is 0 Å². The number of nitrogens with zero attached hydrogens (tertiary/aromatic N) is 5. The molecule has 10 aromatic rings. The first-order valence-electron chi connectivity index (χ1n) is 14.9. The van der Waals surface area contributed by atoms with Crippen molar-refractivity contribution >= 4 is 75.3 Å². The van der Waals surface area contributed by atoms with Crippen molar-refractivity contribution in [2.45, 2.75) is 0 Å². The monoisotopic (exact) mass is 593 g/mol. The van der Waals surface area contributed by atoms with E-state index in [2.05, 4.69) is 137 Å². The number of aromatic nitrogens is 5. The maximum absolute atomic E-state index is 4.87. The molecule has 5 aromatic carbocycles. The summed E-state index contributed by atoms with van der Waals surface area (Å²) in [6.45, 7) is 0. The molecule has 210 valence electrons. The average molecular weight is 594 g/mol. The van der Waals surface area contributed by atoms with E-state index >= 15 is 0 Å². The Morgan fingerprint density at radius 3 is 1.82 bits per heavy atom. The van der Waals surface area contributed by atoms with Gasteiger partial charge in [0.2, 0.25) is 0 Å². The van der Waals surface area contributed by atoms with Crippen LogP contribution in [-0.4, -0.2) is 24.1 Å². The maximum Gasteiger partial charge on any atom is 0.159 e. The van der Waals surface area contributed by atoms with Gasteiger partial charge < -0.3 is 0 Å². The van der Waals surface area contributed by atoms with Crippen LogP contribution in [0.5, 0.6) is 0 Å². The molecular formula is C39H23N5S. The second-order valence-corrected chi connectivity index (χ2v) is 12.4. The molecule has 0 bridgehead atoms. The van der Waals surface area contributed by atoms with Crippen molar-refractivity contribution in [1.29, 1.82) is 0 Å². The summed E-state index contributed by atoms with van der Waals surface area (Å²) in [5.74, 6) is 1.82. The van der Waals surface area contributed by atoms with E-state index in [4.69, 9.17) is 15.0 Å². The fourth-order valence-corrected chi connectivity index (χ4v) is 8.08. The van der Waals surface area contributed by atoms with Crippen LogP contribution in [0.1, 0.15) is 0 Å². The van der Waals surface area contributed by atoms with Crippen molar-refractivity contribution in [3.8, 4) is 22.8 Å². The van der Waals surface area contributed by atoms with Gasteiger partial charge in [-0.15, -0.1) is 11.3 Å². The van der Waals surface area contributed by atoms with Crippen molar-refractivity contribution in [3.05, 3.63) is 140 Å². The molecule has 0 spiro atoms. The minimum absolute atomic E-state index is 0.903. The van der Waals surface area contributed by atoms with Crippen molar-refractivity contribution < 1.29 is 0 Å². The van der Waals surface area contributed by atoms with Gasteiger partial charge >= 0.3 is 0 Å². The van der Waals surface area contributed by atoms with Crippen LogP contribution >= 0.6 is 11.3 Å². The van der Waals surface area contributed by atoms with E-state index in [-0.39, 0.29) is 0 Å². The molecule has 0 aliphatic heterocycles. The van der Waals surface area contributed by atoms with Crippen LogP contribution in [0.15, 0.2) is 140 Å². The fourth-order valence-electron chi connectivity index (χ4n) is 6.94. The Hall–Kier alpha value is -5.85. The fraction of sp³-hybridized carbons (Fsp3) is 0. The lowest BCUT2D eigenvalue weighted by atomic mass is 10.0. The van der Waals surface area contributed by atoms with Gasteiger partial charge in [0, 0.05) is 37.8 Å². The summed E-state index contributed by atoms with van der Waals surface area (Å²) in [5.41, 5.74) is 7.81. The van der Waals surface area contributed by atoms with Gasteiger partial charge in [0.1, 0.15) is 12.1 Å². The number of thiophene rings is 1. The molecule has 10 rings (SSSR count). The quantitative estimate of drug-likeness (QED) is 0.205. The smallest absolute Gasteiger partial charge is 0.159 e. The normalized spacial score (nSPS) is 12.0. The summed E-state index contributed by atoms with van der Waals surface area (Å²) in [5, 5.41) is 6.00. The molecule has 0 aliphatic carbocycles. The van der Waals surface area contributed by atoms with Gasteiger partial charge in [-0.05, 0) is 59.7 Å². The zero-order valence-electron chi connectivity index (χ0n) is 23.9. The molecule has 0 fully saturated rings. The highest BCUT2D eigenvalue weighted by molar-refractivity contribution is 7.26. The van der Waals surface area contributed by atoms with Crippen LogP contribution in [0.3, 0.4) is 0 Å². The van der Waals surface area contributed by atoms with Crippen molar-refractivity contribution in [2.75, 3.05) is 0 Å². The standard InChI is InChI=1S/C39H23N5S/c1-5-13-31-26(9-1)27-10-2-6-14-32(27)43(31)36-22-25(19-20-40-36)24-17-18-34-30(21-24)28-11-3-7-15-33(28)44(34)39-38-37(41-23-42-39)29-12-4-8-16-35(29)45-38/h1-23H. The molecule has 5 nitrogen and oxygen atoms in total. The van der Waals surface area contributed by atoms with E-state index in [0.29, 0.717) is 0 Å². The molecule has 5 heterocycles. The number of benzene rings is 5. The van der Waals surface area contributed by atoms with Gasteiger partial charge in [0.15, 0.2) is 5.82 Å². The van der Waals surface area contributed by atoms with E-state index in [9.17, 15) is 0 Å². The number of pyridine rings is 1. The third-order valence-electron chi connectivity index (χ3n) is 8.91. The van der Waals surface area contributed by atoms with E-state index in [0.717, 1.165) is 55.0 Å². The van der Waals surface area contributed by atoms with E-state index in [1.807, 2.05) is 6.20 Å². The van der Waals surface area contributed by atoms with Gasteiger partial charge in [-0.3, -0.25) is 9.13 Å². The number of hydrogen-bond acceptors (Lipinski definition) is 4. The van der Waals surface area contributed by atoms with Crippen LogP contribution in [-0.2, 0) is 0 Å². The molecule has 0 saturated heterocycles. The Morgan fingerprint density at radius 1 is 0.467 bits per heavy atom. The molecule has 0 atom stereocenters. The lowest BCUT2D eigenvalue weighted by molar-refractivity contribution is 1.08. The Morgan fingerprint density at radius 2 is 1.07 bits per heavy atom. The first-order valence-corrected chi connectivity index (χ1v) is 15.8. The number of rotatable bonds is 3. The third kappa shape index (κ3) is 3.51. The van der Waals surface area contributed by atoms with Crippen LogP contribution in [0.25, 0.3) is 86.7 Å². The topological polar surface area (TPSA) is 48.5 Å². The molecule has 0 aliphatic rings. The molecule has 45 heavy (non-hydrogen) atoms. The van der Waals surface area contributed by atoms with Crippen molar-refractivity contribution in [2.24, 2.45) is 0 Å². The predicted molar refractivity (Wildman–Crippen MR) is 187 cm³/mol. The highest BCUT2D eigenvalue weighted by atomic mass is 32.1. The van der Waals surface area contributed by atoms with Crippen LogP contribution in [0, 0.1) is 0 Å². The number of hydrogen-bond donors (Lipinski definition) is 0. The van der Waals surface area contributed by atoms with E-state index in [1.54, 1.807) is 17.7 Å². The molecule has 6 heteroatoms. The lowest BCUT2D eigenvalue weighted by Crippen LogP contribution is -1.98. The largest absolute Gasteiger partial charge is 0.294 e. The Balaban J connectivity index is 1.19. The van der Waals surface area contributed by atoms with Gasteiger partial charge in [-0.25, -0.2) is 15.0 Å². The summed E-state index contributed by atoms with van der Waals surface area (Å²) in [7, 11) is 0. The summed E-state index contributed by atoms with van der Waals surface area (Å²) in [6, 6.07) is 45.2. The minimum Gasteiger partial charge on any atom is -0.294 e. The molecule has 0 saturated carbocycles. The van der Waals surface area contributed by atoms with Crippen LogP contribution < -0.4 is 0 Å². The average Bonchev–Trinajstić information content (AvgIpc) is 3.76. The molecule has 0 unspecified atom stereocenters. The Labute approximate surface area is 261 Å². The Bertz CT molecular complexity index is 2730. The highest BCUT2D eigenvalue weighted by Crippen LogP contribution is 2.40. The van der Waals surface area contributed by atoms with Gasteiger partial charge in [0.05, 0.1) is 32.3 Å². The predicted octanol–water partition coefficient (Wildman–Crippen LogP) is 10.1. The zero-order valence-corrected chi connectivity index (χ0v) is 24.7. The second-order valence-electron chi connectivity index (χ2n) is 11.3. The molecular weight excluding hydrogens is 571 g/mol. The number of fused-ring (bicyclic) bond motifs is 9. The van der Waals surface area contributed by atoms with Crippen LogP contribution in [0.2, 0.25) is 0 Å². The Kier molecular flexibility index (Phi) is 5.09. The van der Waals surface area contributed by atoms with Crippen molar-refractivity contribution in [1.82, 2.24) is 24.1 Å². The molecule has 0 N–H and O–H groups in total. The lowest BCUT2D eigenvalue weighted by Gasteiger charge is -2.10. The van der Waals surface area contributed by atoms with Gasteiger partial charge in [-0.1, -0.05) is 78.9 Å². The molecule has 0 amide bonds.